The van der Waals surface area contributed by atoms with Crippen molar-refractivity contribution in [1.29, 1.82) is 0 Å². The summed E-state index contributed by atoms with van der Waals surface area (Å²) in [6.45, 7) is -0.347. The van der Waals surface area contributed by atoms with Crippen LogP contribution in [-0.2, 0) is 14.3 Å². The summed E-state index contributed by atoms with van der Waals surface area (Å²) < 4.78 is 5.11. The van der Waals surface area contributed by atoms with Gasteiger partial charge in [0.15, 0.2) is 12.4 Å². The Labute approximate surface area is 173 Å². The number of esters is 1. The van der Waals surface area contributed by atoms with Crippen molar-refractivity contribution in [3.63, 3.8) is 0 Å². The molecule has 6 heteroatoms. The number of fused-ring (bicyclic) bond motifs is 5. The van der Waals surface area contributed by atoms with Crippen LogP contribution in [0.3, 0.4) is 0 Å². The van der Waals surface area contributed by atoms with Crippen molar-refractivity contribution < 1.29 is 23.9 Å². The zero-order chi connectivity index (χ0) is 20.8. The average molecular weight is 403 g/mol. The molecule has 6 nitrogen and oxygen atoms in total. The average Bonchev–Trinajstić information content (AvgIpc) is 3.46. The molecule has 3 aliphatic rings. The fourth-order valence-electron chi connectivity index (χ4n) is 5.33. The topological polar surface area (TPSA) is 80.8 Å². The van der Waals surface area contributed by atoms with Gasteiger partial charge in [-0.3, -0.25) is 19.3 Å². The molecule has 0 aromatic heterocycles. The van der Waals surface area contributed by atoms with E-state index in [1.807, 2.05) is 0 Å². The Morgan fingerprint density at radius 3 is 2.03 bits per heavy atom. The van der Waals surface area contributed by atoms with Gasteiger partial charge >= 0.3 is 5.97 Å². The van der Waals surface area contributed by atoms with Crippen LogP contribution in [-0.4, -0.2) is 30.2 Å². The lowest BCUT2D eigenvalue weighted by Crippen LogP contribution is -2.32. The van der Waals surface area contributed by atoms with Gasteiger partial charge in [-0.2, -0.15) is 0 Å². The van der Waals surface area contributed by atoms with Crippen molar-refractivity contribution in [2.45, 2.75) is 19.3 Å². The molecule has 152 valence electrons. The second-order valence-electron chi connectivity index (χ2n) is 8.31. The van der Waals surface area contributed by atoms with Gasteiger partial charge in [0.05, 0.1) is 23.1 Å². The number of rotatable bonds is 5. The zero-order valence-corrected chi connectivity index (χ0v) is 16.3. The van der Waals surface area contributed by atoms with Crippen LogP contribution < -0.4 is 4.90 Å². The van der Waals surface area contributed by atoms with E-state index in [0.717, 1.165) is 19.3 Å². The molecule has 2 aromatic rings. The first kappa shape index (κ1) is 18.7. The van der Waals surface area contributed by atoms with Gasteiger partial charge in [-0.1, -0.05) is 30.3 Å². The first-order valence-corrected chi connectivity index (χ1v) is 10.3. The van der Waals surface area contributed by atoms with E-state index in [0.29, 0.717) is 23.1 Å². The predicted octanol–water partition coefficient (Wildman–Crippen LogP) is 3.26. The number of amides is 2. The molecule has 2 saturated carbocycles. The minimum absolute atomic E-state index is 0.110. The lowest BCUT2D eigenvalue weighted by molar-refractivity contribution is -0.123. The maximum absolute atomic E-state index is 12.9. The summed E-state index contributed by atoms with van der Waals surface area (Å²) in [6, 6.07) is 14.8. The molecule has 5 rings (SSSR count). The number of Topliss-reactive ketones (excluding diaryl/α,β-unsaturated/α-hetero) is 1. The van der Waals surface area contributed by atoms with E-state index in [1.54, 1.807) is 42.5 Å². The molecule has 3 fully saturated rings. The van der Waals surface area contributed by atoms with E-state index in [2.05, 4.69) is 0 Å². The van der Waals surface area contributed by atoms with Crippen LogP contribution in [0.25, 0.3) is 0 Å². The summed E-state index contributed by atoms with van der Waals surface area (Å²) in [6.07, 6.45) is 3.06. The smallest absolute Gasteiger partial charge is 0.338 e. The molecule has 30 heavy (non-hydrogen) atoms. The first-order valence-electron chi connectivity index (χ1n) is 10.3. The minimum atomic E-state index is -0.625. The van der Waals surface area contributed by atoms with E-state index in [-0.39, 0.29) is 41.6 Å². The number of hydrogen-bond acceptors (Lipinski definition) is 5. The standard InChI is InChI=1S/C24H21NO5/c26-19(14-4-2-1-3-5-14)13-30-24(29)15-8-10-18(11-9-15)25-22(27)20-16-6-7-17(12-16)21(20)23(25)28/h1-5,8-11,16-17,20-21H,6-7,12-13H2/t16-,17+,20-,21-/m0/s1. The quantitative estimate of drug-likeness (QED) is 0.435. The van der Waals surface area contributed by atoms with Gasteiger partial charge < -0.3 is 4.74 Å². The monoisotopic (exact) mass is 403 g/mol. The Kier molecular flexibility index (Phi) is 4.50. The van der Waals surface area contributed by atoms with Crippen LogP contribution >= 0.6 is 0 Å². The lowest BCUT2D eigenvalue weighted by atomic mass is 9.81. The van der Waals surface area contributed by atoms with E-state index in [4.69, 9.17) is 4.74 Å². The second-order valence-corrected chi connectivity index (χ2v) is 8.31. The van der Waals surface area contributed by atoms with E-state index >= 15 is 0 Å². The molecule has 0 unspecified atom stereocenters. The number of ether oxygens (including phenoxy) is 1. The van der Waals surface area contributed by atoms with Gasteiger partial charge in [0.2, 0.25) is 11.8 Å². The highest BCUT2D eigenvalue weighted by atomic mass is 16.5. The molecule has 0 radical (unpaired) electrons. The van der Waals surface area contributed by atoms with Gasteiger partial charge in [-0.25, -0.2) is 4.79 Å². The number of benzene rings is 2. The highest BCUT2D eigenvalue weighted by molar-refractivity contribution is 6.22. The number of ketones is 1. The van der Waals surface area contributed by atoms with Crippen LogP contribution in [0.1, 0.15) is 40.0 Å². The molecule has 0 N–H and O–H groups in total. The summed E-state index contributed by atoms with van der Waals surface area (Å²) in [5, 5.41) is 0. The maximum atomic E-state index is 12.9. The highest BCUT2D eigenvalue weighted by Crippen LogP contribution is 2.56. The van der Waals surface area contributed by atoms with Crippen LogP contribution in [0.15, 0.2) is 54.6 Å². The van der Waals surface area contributed by atoms with Crippen molar-refractivity contribution in [2.75, 3.05) is 11.5 Å². The lowest BCUT2D eigenvalue weighted by Gasteiger charge is -2.19. The maximum Gasteiger partial charge on any atom is 0.338 e. The van der Waals surface area contributed by atoms with Crippen molar-refractivity contribution in [1.82, 2.24) is 0 Å². The number of carbonyl (C=O) groups excluding carboxylic acids is 4. The first-order chi connectivity index (χ1) is 14.5. The Morgan fingerprint density at radius 2 is 1.43 bits per heavy atom. The SMILES string of the molecule is O=C(COC(=O)c1ccc(N2C(=O)[C@H]3[C@@H]4CC[C@@H](C4)[C@@H]3C2=O)cc1)c1ccccc1. The molecule has 2 aliphatic carbocycles. The molecule has 0 spiro atoms. The fraction of sp³-hybridized carbons (Fsp3) is 0.333. The molecule has 4 atom stereocenters. The fourth-order valence-corrected chi connectivity index (χ4v) is 5.33. The molecule has 1 aliphatic heterocycles. The molecule has 2 bridgehead atoms. The molecular weight excluding hydrogens is 382 g/mol. The zero-order valence-electron chi connectivity index (χ0n) is 16.3. The van der Waals surface area contributed by atoms with Crippen LogP contribution in [0.4, 0.5) is 5.69 Å². The largest absolute Gasteiger partial charge is 0.454 e. The number of nitrogens with zero attached hydrogens (tertiary/aromatic N) is 1. The third-order valence-electron chi connectivity index (χ3n) is 6.72. The molecule has 1 saturated heterocycles. The Hall–Kier alpha value is -3.28. The van der Waals surface area contributed by atoms with Crippen molar-refractivity contribution >= 4 is 29.3 Å². The van der Waals surface area contributed by atoms with Crippen LogP contribution in [0.5, 0.6) is 0 Å². The third-order valence-corrected chi connectivity index (χ3v) is 6.72. The third kappa shape index (κ3) is 2.95. The van der Waals surface area contributed by atoms with E-state index < -0.39 is 5.97 Å². The summed E-state index contributed by atoms with van der Waals surface area (Å²) >= 11 is 0. The second kappa shape index (κ2) is 7.20. The number of imide groups is 1. The summed E-state index contributed by atoms with van der Waals surface area (Å²) in [5.74, 6) is -0.817. The molecule has 2 amide bonds. The van der Waals surface area contributed by atoms with Crippen LogP contribution in [0, 0.1) is 23.7 Å². The van der Waals surface area contributed by atoms with Crippen molar-refractivity contribution in [3.8, 4) is 0 Å². The predicted molar refractivity (Wildman–Crippen MR) is 108 cm³/mol. The molecule has 2 aromatic carbocycles. The normalized spacial score (nSPS) is 26.7. The summed E-state index contributed by atoms with van der Waals surface area (Å²) in [7, 11) is 0. The van der Waals surface area contributed by atoms with Crippen molar-refractivity contribution in [2.24, 2.45) is 23.7 Å². The number of anilines is 1. The summed E-state index contributed by atoms with van der Waals surface area (Å²) in [5.41, 5.74) is 1.22. The number of carbonyl (C=O) groups is 4. The Bertz CT molecular complexity index is 1000. The van der Waals surface area contributed by atoms with E-state index in [9.17, 15) is 19.2 Å². The van der Waals surface area contributed by atoms with Gasteiger partial charge in [0.25, 0.3) is 0 Å². The van der Waals surface area contributed by atoms with Gasteiger partial charge in [-0.05, 0) is 55.4 Å². The summed E-state index contributed by atoms with van der Waals surface area (Å²) in [4.78, 5) is 51.4. The Morgan fingerprint density at radius 1 is 0.833 bits per heavy atom. The van der Waals surface area contributed by atoms with Crippen LogP contribution in [0.2, 0.25) is 0 Å². The van der Waals surface area contributed by atoms with Gasteiger partial charge in [0.1, 0.15) is 0 Å². The minimum Gasteiger partial charge on any atom is -0.454 e. The van der Waals surface area contributed by atoms with Crippen molar-refractivity contribution in [3.05, 3.63) is 65.7 Å². The Balaban J connectivity index is 1.26. The molecular formula is C24H21NO5. The highest BCUT2D eigenvalue weighted by Gasteiger charge is 2.61. The van der Waals surface area contributed by atoms with Gasteiger partial charge in [-0.15, -0.1) is 0 Å². The van der Waals surface area contributed by atoms with Gasteiger partial charge in [0, 0.05) is 5.56 Å². The van der Waals surface area contributed by atoms with E-state index in [1.165, 1.54) is 17.0 Å². The number of hydrogen-bond donors (Lipinski definition) is 0. The molecule has 1 heterocycles.